The molecule has 5 heteroatoms. The fourth-order valence-corrected chi connectivity index (χ4v) is 2.33. The molecule has 0 aliphatic carbocycles. The van der Waals surface area contributed by atoms with Crippen LogP contribution < -0.4 is 5.32 Å². The first kappa shape index (κ1) is 16.0. The maximum Gasteiger partial charge on any atom is 0.248 e. The zero-order chi connectivity index (χ0) is 14.6. The van der Waals surface area contributed by atoms with Gasteiger partial charge in [-0.15, -0.1) is 0 Å². The molecule has 1 atom stereocenters. The summed E-state index contributed by atoms with van der Waals surface area (Å²) in [5.74, 6) is 0.270. The molecule has 110 valence electrons. The molecule has 0 radical (unpaired) electrons. The maximum atomic E-state index is 12.4. The first-order chi connectivity index (χ1) is 8.79. The molecule has 0 spiro atoms. The molecule has 1 N–H and O–H groups in total. The minimum Gasteiger partial charge on any atom is -0.380 e. The molecule has 0 aromatic carbocycles. The van der Waals surface area contributed by atoms with Crippen molar-refractivity contribution < 1.29 is 14.3 Å². The van der Waals surface area contributed by atoms with Crippen LogP contribution in [0.3, 0.4) is 0 Å². The zero-order valence-corrected chi connectivity index (χ0v) is 12.7. The lowest BCUT2D eigenvalue weighted by Crippen LogP contribution is -2.68. The Kier molecular flexibility index (Phi) is 5.35. The summed E-state index contributed by atoms with van der Waals surface area (Å²) in [7, 11) is 0. The van der Waals surface area contributed by atoms with Crippen LogP contribution in [0, 0.1) is 5.92 Å². The van der Waals surface area contributed by atoms with Crippen LogP contribution in [0.1, 0.15) is 41.0 Å². The van der Waals surface area contributed by atoms with Crippen LogP contribution >= 0.6 is 0 Å². The Morgan fingerprint density at radius 3 is 2.53 bits per heavy atom. The minimum absolute atomic E-state index is 0.0301. The number of nitrogens with one attached hydrogen (secondary N) is 1. The summed E-state index contributed by atoms with van der Waals surface area (Å²) in [4.78, 5) is 26.3. The van der Waals surface area contributed by atoms with Crippen molar-refractivity contribution in [3.63, 3.8) is 0 Å². The predicted molar refractivity (Wildman–Crippen MR) is 73.7 cm³/mol. The second-order valence-electron chi connectivity index (χ2n) is 5.96. The Labute approximate surface area is 115 Å². The van der Waals surface area contributed by atoms with Crippen molar-refractivity contribution in [1.82, 2.24) is 10.2 Å². The number of amides is 2. The number of nitrogens with zero attached hydrogens (tertiary/aromatic N) is 1. The molecule has 1 unspecified atom stereocenters. The van der Waals surface area contributed by atoms with Crippen LogP contribution in [0.25, 0.3) is 0 Å². The number of carbonyl (C=O) groups is 2. The van der Waals surface area contributed by atoms with Gasteiger partial charge in [-0.1, -0.05) is 13.8 Å². The van der Waals surface area contributed by atoms with Crippen molar-refractivity contribution >= 4 is 11.8 Å². The molecule has 1 fully saturated rings. The van der Waals surface area contributed by atoms with Crippen LogP contribution in [0.2, 0.25) is 0 Å². The van der Waals surface area contributed by atoms with Gasteiger partial charge in [-0.3, -0.25) is 9.59 Å². The lowest BCUT2D eigenvalue weighted by molar-refractivity contribution is -0.154. The van der Waals surface area contributed by atoms with Gasteiger partial charge in [-0.05, 0) is 33.1 Å². The maximum absolute atomic E-state index is 12.4. The molecule has 5 nitrogen and oxygen atoms in total. The number of carbonyl (C=O) groups excluding carboxylic acids is 2. The third kappa shape index (κ3) is 3.93. The standard InChI is InChI=1S/C14H26N2O3/c1-6-19-8-7-16-11(9-10(2)3)12(17)15-14(4,5)13(16)18/h10-11H,6-9H2,1-5H3,(H,15,17). The van der Waals surface area contributed by atoms with E-state index in [1.807, 2.05) is 6.92 Å². The van der Waals surface area contributed by atoms with Gasteiger partial charge >= 0.3 is 0 Å². The van der Waals surface area contributed by atoms with Gasteiger partial charge < -0.3 is 15.0 Å². The molecule has 1 aliphatic rings. The van der Waals surface area contributed by atoms with E-state index in [0.717, 1.165) is 0 Å². The molecule has 0 aromatic heterocycles. The molecule has 0 bridgehead atoms. The first-order valence-corrected chi connectivity index (χ1v) is 7.00. The van der Waals surface area contributed by atoms with Crippen molar-refractivity contribution in [2.24, 2.45) is 5.92 Å². The van der Waals surface area contributed by atoms with E-state index in [0.29, 0.717) is 32.1 Å². The largest absolute Gasteiger partial charge is 0.380 e. The number of piperazine rings is 1. The van der Waals surface area contributed by atoms with E-state index in [1.165, 1.54) is 0 Å². The van der Waals surface area contributed by atoms with Gasteiger partial charge in [0.15, 0.2) is 0 Å². The van der Waals surface area contributed by atoms with Crippen LogP contribution in [0.15, 0.2) is 0 Å². The van der Waals surface area contributed by atoms with Crippen LogP contribution in [0.5, 0.6) is 0 Å². The van der Waals surface area contributed by atoms with Gasteiger partial charge in [-0.2, -0.15) is 0 Å². The lowest BCUT2D eigenvalue weighted by Gasteiger charge is -2.43. The zero-order valence-electron chi connectivity index (χ0n) is 12.7. The average Bonchev–Trinajstić information content (AvgIpc) is 2.29. The van der Waals surface area contributed by atoms with Gasteiger partial charge in [0, 0.05) is 13.2 Å². The van der Waals surface area contributed by atoms with Gasteiger partial charge in [0.1, 0.15) is 11.6 Å². The number of hydrogen-bond acceptors (Lipinski definition) is 3. The van der Waals surface area contributed by atoms with Gasteiger partial charge in [-0.25, -0.2) is 0 Å². The third-order valence-electron chi connectivity index (χ3n) is 3.29. The Bertz CT molecular complexity index is 340. The lowest BCUT2D eigenvalue weighted by atomic mass is 9.92. The van der Waals surface area contributed by atoms with E-state index >= 15 is 0 Å². The quantitative estimate of drug-likeness (QED) is 0.737. The van der Waals surface area contributed by atoms with Crippen molar-refractivity contribution in [2.45, 2.75) is 52.6 Å². The highest BCUT2D eigenvalue weighted by atomic mass is 16.5. The topological polar surface area (TPSA) is 58.6 Å². The van der Waals surface area contributed by atoms with Crippen LogP contribution in [-0.4, -0.2) is 48.1 Å². The van der Waals surface area contributed by atoms with Gasteiger partial charge in [0.2, 0.25) is 11.8 Å². The molecule has 19 heavy (non-hydrogen) atoms. The van der Waals surface area contributed by atoms with Crippen LogP contribution in [0.4, 0.5) is 0 Å². The summed E-state index contributed by atoms with van der Waals surface area (Å²) in [6, 6.07) is -0.374. The SMILES string of the molecule is CCOCCN1C(=O)C(C)(C)NC(=O)C1CC(C)C. The number of rotatable bonds is 6. The Hall–Kier alpha value is -1.10. The highest BCUT2D eigenvalue weighted by Crippen LogP contribution is 2.22. The van der Waals surface area contributed by atoms with Crippen molar-refractivity contribution in [2.75, 3.05) is 19.8 Å². The smallest absolute Gasteiger partial charge is 0.248 e. The molecular formula is C14H26N2O3. The van der Waals surface area contributed by atoms with E-state index < -0.39 is 5.54 Å². The molecule has 0 aromatic rings. The Morgan fingerprint density at radius 2 is 2.00 bits per heavy atom. The van der Waals surface area contributed by atoms with Crippen molar-refractivity contribution in [1.29, 1.82) is 0 Å². The molecule has 2 amide bonds. The van der Waals surface area contributed by atoms with E-state index in [4.69, 9.17) is 4.74 Å². The highest BCUT2D eigenvalue weighted by Gasteiger charge is 2.44. The molecular weight excluding hydrogens is 244 g/mol. The van der Waals surface area contributed by atoms with E-state index in [2.05, 4.69) is 19.2 Å². The van der Waals surface area contributed by atoms with Gasteiger partial charge in [0.25, 0.3) is 0 Å². The number of hydrogen-bond donors (Lipinski definition) is 1. The molecule has 1 saturated heterocycles. The molecule has 0 saturated carbocycles. The second kappa shape index (κ2) is 6.37. The summed E-state index contributed by atoms with van der Waals surface area (Å²) in [6.07, 6.45) is 0.680. The predicted octanol–water partition coefficient (Wildman–Crippen LogP) is 1.17. The summed E-state index contributed by atoms with van der Waals surface area (Å²) < 4.78 is 5.32. The summed E-state index contributed by atoms with van der Waals surface area (Å²) in [6.45, 7) is 11.1. The Balaban J connectivity index is 2.85. The highest BCUT2D eigenvalue weighted by molar-refractivity contribution is 5.99. The molecule has 1 aliphatic heterocycles. The fourth-order valence-electron chi connectivity index (χ4n) is 2.33. The summed E-state index contributed by atoms with van der Waals surface area (Å²) >= 11 is 0. The molecule has 1 rings (SSSR count). The van der Waals surface area contributed by atoms with E-state index in [1.54, 1.807) is 18.7 Å². The number of ether oxygens (including phenoxy) is 1. The Morgan fingerprint density at radius 1 is 1.37 bits per heavy atom. The first-order valence-electron chi connectivity index (χ1n) is 7.00. The van der Waals surface area contributed by atoms with Crippen molar-refractivity contribution in [3.05, 3.63) is 0 Å². The minimum atomic E-state index is -0.823. The monoisotopic (exact) mass is 270 g/mol. The summed E-state index contributed by atoms with van der Waals surface area (Å²) in [5, 5.41) is 2.81. The normalized spacial score (nSPS) is 22.8. The van der Waals surface area contributed by atoms with E-state index in [-0.39, 0.29) is 17.9 Å². The molecule has 1 heterocycles. The summed E-state index contributed by atoms with van der Waals surface area (Å²) in [5.41, 5.74) is -0.823. The fraction of sp³-hybridized carbons (Fsp3) is 0.857. The van der Waals surface area contributed by atoms with Crippen LogP contribution in [-0.2, 0) is 14.3 Å². The second-order valence-corrected chi connectivity index (χ2v) is 5.96. The van der Waals surface area contributed by atoms with Gasteiger partial charge in [0.05, 0.1) is 6.61 Å². The van der Waals surface area contributed by atoms with Crippen molar-refractivity contribution in [3.8, 4) is 0 Å². The average molecular weight is 270 g/mol. The third-order valence-corrected chi connectivity index (χ3v) is 3.29. The van der Waals surface area contributed by atoms with E-state index in [9.17, 15) is 9.59 Å².